The summed E-state index contributed by atoms with van der Waals surface area (Å²) in [6, 6.07) is 12.1. The number of likely N-dealkylation sites (N-methyl/N-ethyl adjacent to an activating group) is 1. The second kappa shape index (κ2) is 9.80. The van der Waals surface area contributed by atoms with E-state index in [1.807, 2.05) is 43.1 Å². The minimum atomic E-state index is -1.82. The van der Waals surface area contributed by atoms with Crippen molar-refractivity contribution in [2.45, 2.75) is 19.4 Å². The predicted molar refractivity (Wildman–Crippen MR) is 117 cm³/mol. The highest BCUT2D eigenvalue weighted by molar-refractivity contribution is 6.31. The van der Waals surface area contributed by atoms with Crippen molar-refractivity contribution < 1.29 is 28.9 Å². The Kier molecular flexibility index (Phi) is 7.65. The normalized spacial score (nSPS) is 11.2. The van der Waals surface area contributed by atoms with Crippen LogP contribution >= 0.6 is 11.6 Å². The molecule has 0 atom stereocenters. The zero-order valence-electron chi connectivity index (χ0n) is 17.6. The molecule has 7 nitrogen and oxygen atoms in total. The second-order valence-electron chi connectivity index (χ2n) is 7.61. The van der Waals surface area contributed by atoms with Gasteiger partial charge in [-0.15, -0.1) is 0 Å². The van der Waals surface area contributed by atoms with Gasteiger partial charge < -0.3 is 24.4 Å². The van der Waals surface area contributed by atoms with E-state index in [-0.39, 0.29) is 11.4 Å². The number of carboxylic acids is 2. The highest BCUT2D eigenvalue weighted by Crippen LogP contribution is 2.33. The molecule has 0 aliphatic rings. The van der Waals surface area contributed by atoms with Gasteiger partial charge in [0.2, 0.25) is 0 Å². The van der Waals surface area contributed by atoms with Crippen LogP contribution in [0.3, 0.4) is 0 Å². The number of fused-ring (bicyclic) bond motifs is 1. The molecule has 0 saturated carbocycles. The third-order valence-electron chi connectivity index (χ3n) is 4.81. The Morgan fingerprint density at radius 2 is 1.68 bits per heavy atom. The first kappa shape index (κ1) is 24.2. The van der Waals surface area contributed by atoms with Crippen LogP contribution in [0.4, 0.5) is 4.39 Å². The van der Waals surface area contributed by atoms with Crippen LogP contribution in [0.2, 0.25) is 5.02 Å². The first-order valence-corrected chi connectivity index (χ1v) is 9.63. The molecule has 0 aliphatic carbocycles. The fourth-order valence-electron chi connectivity index (χ4n) is 2.49. The van der Waals surface area contributed by atoms with Crippen molar-refractivity contribution in [2.75, 3.05) is 20.7 Å². The minimum Gasteiger partial charge on any atom is -0.489 e. The maximum atomic E-state index is 13.2. The Bertz CT molecular complexity index is 1070. The molecule has 0 amide bonds. The lowest BCUT2D eigenvalue weighted by atomic mass is 10.1. The molecule has 0 unspecified atom stereocenters. The van der Waals surface area contributed by atoms with Gasteiger partial charge in [-0.05, 0) is 70.4 Å². The molecule has 0 spiro atoms. The van der Waals surface area contributed by atoms with E-state index in [0.29, 0.717) is 11.6 Å². The average molecular weight is 451 g/mol. The van der Waals surface area contributed by atoms with Crippen LogP contribution in [0.15, 0.2) is 48.7 Å². The van der Waals surface area contributed by atoms with Crippen LogP contribution in [0.25, 0.3) is 16.6 Å². The quantitative estimate of drug-likeness (QED) is 0.563. The fraction of sp³-hybridized carbons (Fsp3) is 0.273. The van der Waals surface area contributed by atoms with E-state index in [0.717, 1.165) is 22.3 Å². The molecule has 0 radical (unpaired) electrons. The van der Waals surface area contributed by atoms with Crippen LogP contribution < -0.4 is 4.74 Å². The van der Waals surface area contributed by atoms with Gasteiger partial charge in [0, 0.05) is 21.6 Å². The number of benzene rings is 2. The summed E-state index contributed by atoms with van der Waals surface area (Å²) in [5, 5.41) is 16.4. The first-order chi connectivity index (χ1) is 14.4. The summed E-state index contributed by atoms with van der Waals surface area (Å²) in [6.45, 7) is 4.79. The van der Waals surface area contributed by atoms with Crippen molar-refractivity contribution in [2.24, 2.45) is 0 Å². The van der Waals surface area contributed by atoms with E-state index >= 15 is 0 Å². The summed E-state index contributed by atoms with van der Waals surface area (Å²) in [6.07, 6.45) is 1.93. The van der Waals surface area contributed by atoms with E-state index in [9.17, 15) is 4.39 Å². The van der Waals surface area contributed by atoms with Crippen LogP contribution in [0.1, 0.15) is 13.8 Å². The largest absolute Gasteiger partial charge is 0.489 e. The summed E-state index contributed by atoms with van der Waals surface area (Å²) < 4.78 is 21.4. The van der Waals surface area contributed by atoms with Crippen molar-refractivity contribution >= 4 is 34.4 Å². The number of rotatable bonds is 5. The van der Waals surface area contributed by atoms with Gasteiger partial charge in [0.15, 0.2) is 0 Å². The van der Waals surface area contributed by atoms with Gasteiger partial charge >= 0.3 is 11.9 Å². The number of ether oxygens (including phenoxy) is 1. The molecule has 3 aromatic rings. The summed E-state index contributed by atoms with van der Waals surface area (Å²) >= 11 is 6.18. The summed E-state index contributed by atoms with van der Waals surface area (Å²) in [5.74, 6) is -3.14. The van der Waals surface area contributed by atoms with Crippen molar-refractivity contribution in [3.8, 4) is 11.4 Å². The molecule has 1 heterocycles. The fourth-order valence-corrected chi connectivity index (χ4v) is 2.66. The second-order valence-corrected chi connectivity index (χ2v) is 8.04. The van der Waals surface area contributed by atoms with Crippen LogP contribution in [-0.2, 0) is 9.59 Å². The van der Waals surface area contributed by atoms with Crippen molar-refractivity contribution in [3.63, 3.8) is 0 Å². The van der Waals surface area contributed by atoms with Gasteiger partial charge in [-0.3, -0.25) is 0 Å². The number of carboxylic acid groups (broad SMARTS) is 2. The zero-order valence-corrected chi connectivity index (χ0v) is 18.4. The number of aromatic nitrogens is 1. The molecular formula is C22H24ClFN2O5. The number of aliphatic carboxylic acids is 2. The highest BCUT2D eigenvalue weighted by Gasteiger charge is 2.22. The van der Waals surface area contributed by atoms with Crippen molar-refractivity contribution in [1.29, 1.82) is 0 Å². The molecule has 166 valence electrons. The molecule has 31 heavy (non-hydrogen) atoms. The SMILES string of the molecule is CN(C)C(C)(C)COc1cn(-c2ccc(F)cc2)c2ccc(Cl)cc12.O=C(O)C(=O)O. The number of hydrogen-bond acceptors (Lipinski definition) is 4. The molecule has 9 heteroatoms. The van der Waals surface area contributed by atoms with Crippen LogP contribution in [0.5, 0.6) is 5.75 Å². The van der Waals surface area contributed by atoms with E-state index < -0.39 is 11.9 Å². The Morgan fingerprint density at radius 1 is 1.10 bits per heavy atom. The molecule has 0 fully saturated rings. The van der Waals surface area contributed by atoms with E-state index in [2.05, 4.69) is 18.7 Å². The lowest BCUT2D eigenvalue weighted by Crippen LogP contribution is -2.43. The van der Waals surface area contributed by atoms with Crippen LogP contribution in [0, 0.1) is 5.82 Å². The summed E-state index contributed by atoms with van der Waals surface area (Å²) in [4.78, 5) is 20.3. The first-order valence-electron chi connectivity index (χ1n) is 9.25. The molecule has 0 aliphatic heterocycles. The van der Waals surface area contributed by atoms with E-state index in [4.69, 9.17) is 36.1 Å². The number of nitrogens with zero attached hydrogens (tertiary/aromatic N) is 2. The van der Waals surface area contributed by atoms with Crippen molar-refractivity contribution in [1.82, 2.24) is 9.47 Å². The Morgan fingerprint density at radius 3 is 2.19 bits per heavy atom. The Balaban J connectivity index is 0.000000501. The number of carbonyl (C=O) groups is 2. The summed E-state index contributed by atoms with van der Waals surface area (Å²) in [5.41, 5.74) is 1.73. The maximum Gasteiger partial charge on any atom is 0.414 e. The zero-order chi connectivity index (χ0) is 23.3. The van der Waals surface area contributed by atoms with Gasteiger partial charge in [0.05, 0.1) is 11.7 Å². The summed E-state index contributed by atoms with van der Waals surface area (Å²) in [7, 11) is 4.06. The van der Waals surface area contributed by atoms with Gasteiger partial charge in [-0.1, -0.05) is 11.6 Å². The molecule has 0 saturated heterocycles. The Hall–Kier alpha value is -3.10. The molecule has 0 bridgehead atoms. The minimum absolute atomic E-state index is 0.108. The molecule has 2 N–H and O–H groups in total. The average Bonchev–Trinajstić information content (AvgIpc) is 3.05. The predicted octanol–water partition coefficient (Wildman–Crippen LogP) is 4.30. The van der Waals surface area contributed by atoms with Crippen LogP contribution in [-0.4, -0.2) is 57.9 Å². The topological polar surface area (TPSA) is 92.0 Å². The third-order valence-corrected chi connectivity index (χ3v) is 5.04. The van der Waals surface area contributed by atoms with E-state index in [1.165, 1.54) is 12.1 Å². The Labute approximate surface area is 184 Å². The number of hydrogen-bond donors (Lipinski definition) is 2. The number of halogens is 2. The monoisotopic (exact) mass is 450 g/mol. The van der Waals surface area contributed by atoms with Gasteiger partial charge in [-0.2, -0.15) is 0 Å². The van der Waals surface area contributed by atoms with Gasteiger partial charge in [-0.25, -0.2) is 14.0 Å². The van der Waals surface area contributed by atoms with Crippen molar-refractivity contribution in [3.05, 3.63) is 59.5 Å². The molecule has 1 aromatic heterocycles. The van der Waals surface area contributed by atoms with Gasteiger partial charge in [0.25, 0.3) is 0 Å². The van der Waals surface area contributed by atoms with E-state index in [1.54, 1.807) is 12.1 Å². The lowest BCUT2D eigenvalue weighted by Gasteiger charge is -2.32. The smallest absolute Gasteiger partial charge is 0.414 e. The maximum absolute atomic E-state index is 13.2. The molecular weight excluding hydrogens is 427 g/mol. The third kappa shape index (κ3) is 6.19. The molecule has 3 rings (SSSR count). The standard InChI is InChI=1S/C20H22ClFN2O.C2H2O4/c1-20(2,23(3)4)13-25-19-12-24(16-8-6-15(22)7-9-16)18-10-5-14(21)11-17(18)19;3-1(4)2(5)6/h5-12H,13H2,1-4H3;(H,3,4)(H,5,6). The highest BCUT2D eigenvalue weighted by atomic mass is 35.5. The van der Waals surface area contributed by atoms with Gasteiger partial charge in [0.1, 0.15) is 18.2 Å². The lowest BCUT2D eigenvalue weighted by molar-refractivity contribution is -0.159. The molecule has 2 aromatic carbocycles.